The number of aryl methyl sites for hydroxylation is 1. The molecule has 0 aliphatic heterocycles. The lowest BCUT2D eigenvalue weighted by atomic mass is 10.2. The SMILES string of the molecule is CSCCC(C)NC(=O)c1n[nH]c(C)c1N. The van der Waals surface area contributed by atoms with Crippen LogP contribution in [0.3, 0.4) is 0 Å². The smallest absolute Gasteiger partial charge is 0.274 e. The van der Waals surface area contributed by atoms with Crippen molar-refractivity contribution in [1.29, 1.82) is 0 Å². The maximum atomic E-state index is 11.8. The number of hydrogen-bond donors (Lipinski definition) is 3. The molecule has 1 aromatic rings. The van der Waals surface area contributed by atoms with Gasteiger partial charge in [0.15, 0.2) is 5.69 Å². The summed E-state index contributed by atoms with van der Waals surface area (Å²) in [5.74, 6) is 0.812. The second-order valence-electron chi connectivity index (χ2n) is 3.77. The molecule has 0 aliphatic carbocycles. The first-order valence-corrected chi connectivity index (χ1v) is 6.56. The van der Waals surface area contributed by atoms with Crippen LogP contribution >= 0.6 is 11.8 Å². The van der Waals surface area contributed by atoms with Crippen LogP contribution in [0.25, 0.3) is 0 Å². The van der Waals surface area contributed by atoms with Crippen LogP contribution in [0.15, 0.2) is 0 Å². The van der Waals surface area contributed by atoms with E-state index in [1.165, 1.54) is 0 Å². The molecule has 16 heavy (non-hydrogen) atoms. The second kappa shape index (κ2) is 5.79. The standard InChI is InChI=1S/C10H18N4OS/c1-6(4-5-16-3)12-10(15)9-8(11)7(2)13-14-9/h6H,4-5,11H2,1-3H3,(H,12,15)(H,13,14). The van der Waals surface area contributed by atoms with Gasteiger partial charge in [-0.1, -0.05) is 0 Å². The summed E-state index contributed by atoms with van der Waals surface area (Å²) in [5.41, 5.74) is 7.16. The zero-order valence-corrected chi connectivity index (χ0v) is 10.6. The Morgan fingerprint density at radius 1 is 1.69 bits per heavy atom. The van der Waals surface area contributed by atoms with Crippen molar-refractivity contribution < 1.29 is 4.79 Å². The third kappa shape index (κ3) is 3.16. The van der Waals surface area contributed by atoms with E-state index in [1.807, 2.05) is 13.2 Å². The fourth-order valence-corrected chi connectivity index (χ4v) is 1.86. The number of thioether (sulfide) groups is 1. The predicted molar refractivity (Wildman–Crippen MR) is 67.7 cm³/mol. The first kappa shape index (κ1) is 12.9. The van der Waals surface area contributed by atoms with E-state index in [0.717, 1.165) is 17.9 Å². The molecule has 1 heterocycles. The van der Waals surface area contributed by atoms with Crippen molar-refractivity contribution in [2.75, 3.05) is 17.7 Å². The molecule has 0 radical (unpaired) electrons. The molecular formula is C10H18N4OS. The molecule has 0 fully saturated rings. The maximum absolute atomic E-state index is 11.8. The number of aromatic nitrogens is 2. The van der Waals surface area contributed by atoms with Crippen LogP contribution in [0.4, 0.5) is 5.69 Å². The summed E-state index contributed by atoms with van der Waals surface area (Å²) in [6.07, 6.45) is 2.99. The topological polar surface area (TPSA) is 83.8 Å². The summed E-state index contributed by atoms with van der Waals surface area (Å²) in [5, 5.41) is 9.45. The Balaban J connectivity index is 2.55. The predicted octanol–water partition coefficient (Wildman–Crippen LogP) is 1.17. The van der Waals surface area contributed by atoms with E-state index in [2.05, 4.69) is 15.5 Å². The molecule has 0 saturated carbocycles. The zero-order chi connectivity index (χ0) is 12.1. The van der Waals surface area contributed by atoms with Crippen LogP contribution in [0.2, 0.25) is 0 Å². The summed E-state index contributed by atoms with van der Waals surface area (Å²) >= 11 is 1.76. The number of nitrogens with zero attached hydrogens (tertiary/aromatic N) is 1. The number of anilines is 1. The summed E-state index contributed by atoms with van der Waals surface area (Å²) in [4.78, 5) is 11.8. The molecule has 0 aromatic carbocycles. The van der Waals surface area contributed by atoms with Crippen molar-refractivity contribution in [3.05, 3.63) is 11.4 Å². The highest BCUT2D eigenvalue weighted by Gasteiger charge is 2.16. The molecule has 0 aliphatic rings. The van der Waals surface area contributed by atoms with Gasteiger partial charge in [-0.25, -0.2) is 0 Å². The average molecular weight is 242 g/mol. The van der Waals surface area contributed by atoms with Crippen LogP contribution in [0.5, 0.6) is 0 Å². The van der Waals surface area contributed by atoms with E-state index in [4.69, 9.17) is 5.73 Å². The van der Waals surface area contributed by atoms with Crippen LogP contribution in [-0.4, -0.2) is 34.2 Å². The third-order valence-electron chi connectivity index (χ3n) is 2.34. The van der Waals surface area contributed by atoms with E-state index in [-0.39, 0.29) is 17.6 Å². The fraction of sp³-hybridized carbons (Fsp3) is 0.600. The van der Waals surface area contributed by atoms with E-state index in [0.29, 0.717) is 5.69 Å². The largest absolute Gasteiger partial charge is 0.395 e. The Hall–Kier alpha value is -1.17. The Labute approximate surface area is 99.6 Å². The molecule has 5 nitrogen and oxygen atoms in total. The number of carbonyl (C=O) groups is 1. The van der Waals surface area contributed by atoms with Gasteiger partial charge in [-0.15, -0.1) is 0 Å². The molecule has 0 saturated heterocycles. The molecule has 0 spiro atoms. The minimum absolute atomic E-state index is 0.136. The molecule has 1 unspecified atom stereocenters. The average Bonchev–Trinajstić information content (AvgIpc) is 2.57. The molecule has 90 valence electrons. The van der Waals surface area contributed by atoms with Gasteiger partial charge in [-0.2, -0.15) is 16.9 Å². The summed E-state index contributed by atoms with van der Waals surface area (Å²) in [6, 6.07) is 0.136. The van der Waals surface area contributed by atoms with Crippen molar-refractivity contribution in [1.82, 2.24) is 15.5 Å². The van der Waals surface area contributed by atoms with E-state index < -0.39 is 0 Å². The normalized spacial score (nSPS) is 12.4. The minimum Gasteiger partial charge on any atom is -0.395 e. The zero-order valence-electron chi connectivity index (χ0n) is 9.83. The number of carbonyl (C=O) groups excluding carboxylic acids is 1. The maximum Gasteiger partial charge on any atom is 0.274 e. The highest BCUT2D eigenvalue weighted by molar-refractivity contribution is 7.98. The van der Waals surface area contributed by atoms with Crippen LogP contribution < -0.4 is 11.1 Å². The van der Waals surface area contributed by atoms with Crippen molar-refractivity contribution in [3.8, 4) is 0 Å². The number of H-pyrrole nitrogens is 1. The van der Waals surface area contributed by atoms with Crippen LogP contribution in [-0.2, 0) is 0 Å². The number of aromatic amines is 1. The van der Waals surface area contributed by atoms with Gasteiger partial charge in [0.05, 0.1) is 11.4 Å². The lowest BCUT2D eigenvalue weighted by molar-refractivity contribution is 0.0935. The van der Waals surface area contributed by atoms with Gasteiger partial charge in [0.1, 0.15) is 0 Å². The lowest BCUT2D eigenvalue weighted by Gasteiger charge is -2.12. The Morgan fingerprint density at radius 3 is 2.88 bits per heavy atom. The first-order chi connectivity index (χ1) is 7.56. The van der Waals surface area contributed by atoms with Gasteiger partial charge in [-0.3, -0.25) is 9.89 Å². The van der Waals surface area contributed by atoms with Gasteiger partial charge < -0.3 is 11.1 Å². The molecule has 1 atom stereocenters. The van der Waals surface area contributed by atoms with Gasteiger partial charge in [0.25, 0.3) is 5.91 Å². The van der Waals surface area contributed by atoms with Gasteiger partial charge in [0, 0.05) is 6.04 Å². The summed E-state index contributed by atoms with van der Waals surface area (Å²) < 4.78 is 0. The van der Waals surface area contributed by atoms with E-state index in [1.54, 1.807) is 18.7 Å². The number of rotatable bonds is 5. The van der Waals surface area contributed by atoms with Crippen molar-refractivity contribution in [3.63, 3.8) is 0 Å². The summed E-state index contributed by atoms with van der Waals surface area (Å²) in [6.45, 7) is 3.76. The number of hydrogen-bond acceptors (Lipinski definition) is 4. The van der Waals surface area contributed by atoms with Crippen LogP contribution in [0, 0.1) is 6.92 Å². The van der Waals surface area contributed by atoms with E-state index >= 15 is 0 Å². The Kier molecular flexibility index (Phi) is 4.67. The molecule has 1 aromatic heterocycles. The van der Waals surface area contributed by atoms with Crippen molar-refractivity contribution in [2.24, 2.45) is 0 Å². The lowest BCUT2D eigenvalue weighted by Crippen LogP contribution is -2.33. The third-order valence-corrected chi connectivity index (χ3v) is 2.99. The first-order valence-electron chi connectivity index (χ1n) is 5.16. The Bertz CT molecular complexity index is 364. The molecule has 1 rings (SSSR count). The van der Waals surface area contributed by atoms with Gasteiger partial charge in [0.2, 0.25) is 0 Å². The Morgan fingerprint density at radius 2 is 2.38 bits per heavy atom. The van der Waals surface area contributed by atoms with Crippen molar-refractivity contribution >= 4 is 23.4 Å². The molecule has 0 bridgehead atoms. The monoisotopic (exact) mass is 242 g/mol. The molecular weight excluding hydrogens is 224 g/mol. The molecule has 6 heteroatoms. The number of nitrogens with one attached hydrogen (secondary N) is 2. The molecule has 4 N–H and O–H groups in total. The second-order valence-corrected chi connectivity index (χ2v) is 4.75. The number of nitrogen functional groups attached to an aromatic ring is 1. The number of amides is 1. The fourth-order valence-electron chi connectivity index (χ4n) is 1.27. The quantitative estimate of drug-likeness (QED) is 0.723. The van der Waals surface area contributed by atoms with Crippen LogP contribution in [0.1, 0.15) is 29.5 Å². The number of nitrogens with two attached hydrogens (primary N) is 1. The van der Waals surface area contributed by atoms with Crippen molar-refractivity contribution in [2.45, 2.75) is 26.3 Å². The van der Waals surface area contributed by atoms with Gasteiger partial charge >= 0.3 is 0 Å². The minimum atomic E-state index is -0.213. The highest BCUT2D eigenvalue weighted by Crippen LogP contribution is 2.12. The summed E-state index contributed by atoms with van der Waals surface area (Å²) in [7, 11) is 0. The van der Waals surface area contributed by atoms with Gasteiger partial charge in [-0.05, 0) is 32.3 Å². The highest BCUT2D eigenvalue weighted by atomic mass is 32.2. The molecule has 1 amide bonds. The van der Waals surface area contributed by atoms with E-state index in [9.17, 15) is 4.79 Å².